The van der Waals surface area contributed by atoms with Crippen molar-refractivity contribution < 1.29 is 4.74 Å². The normalized spacial score (nSPS) is 24.9. The molecule has 0 bridgehead atoms. The van der Waals surface area contributed by atoms with Gasteiger partial charge in [-0.25, -0.2) is 0 Å². The molecule has 94 valence electrons. The molecule has 0 radical (unpaired) electrons. The number of ether oxygens (including phenoxy) is 1. The molecule has 17 heavy (non-hydrogen) atoms. The minimum absolute atomic E-state index is 0.344. The highest BCUT2D eigenvalue weighted by Gasteiger charge is 2.18. The number of halogens is 2. The first kappa shape index (κ1) is 13.2. The Morgan fingerprint density at radius 2 is 2.24 bits per heavy atom. The first-order valence-corrected chi connectivity index (χ1v) is 6.70. The lowest BCUT2D eigenvalue weighted by atomic mass is 10.0. The van der Waals surface area contributed by atoms with Gasteiger partial charge in [0.05, 0.1) is 16.1 Å². The Labute approximate surface area is 112 Å². The molecule has 2 rings (SSSR count). The van der Waals surface area contributed by atoms with E-state index in [4.69, 9.17) is 27.9 Å². The van der Waals surface area contributed by atoms with Crippen molar-refractivity contribution in [3.63, 3.8) is 0 Å². The van der Waals surface area contributed by atoms with Crippen LogP contribution >= 0.6 is 23.2 Å². The minimum atomic E-state index is 0.344. The lowest BCUT2D eigenvalue weighted by Gasteiger charge is -2.28. The number of hydrogen-bond donors (Lipinski definition) is 1. The lowest BCUT2D eigenvalue weighted by Crippen LogP contribution is -2.37. The Morgan fingerprint density at radius 3 is 3.00 bits per heavy atom. The smallest absolute Gasteiger partial charge is 0.0637 e. The molecule has 1 aliphatic rings. The van der Waals surface area contributed by atoms with Crippen molar-refractivity contribution in [2.24, 2.45) is 0 Å². The Balaban J connectivity index is 1.91. The van der Waals surface area contributed by atoms with E-state index in [1.807, 2.05) is 18.2 Å². The molecule has 2 unspecified atom stereocenters. The predicted molar refractivity (Wildman–Crippen MR) is 71.7 cm³/mol. The number of nitrogens with one attached hydrogen (secondary N) is 1. The van der Waals surface area contributed by atoms with E-state index in [1.165, 1.54) is 0 Å². The molecule has 2 atom stereocenters. The van der Waals surface area contributed by atoms with Crippen molar-refractivity contribution in [1.82, 2.24) is 5.32 Å². The third-order valence-electron chi connectivity index (χ3n) is 3.10. The first-order valence-electron chi connectivity index (χ1n) is 5.94. The summed E-state index contributed by atoms with van der Waals surface area (Å²) in [6.45, 7) is 3.71. The van der Waals surface area contributed by atoms with Crippen molar-refractivity contribution in [3.05, 3.63) is 33.8 Å². The van der Waals surface area contributed by atoms with E-state index in [1.54, 1.807) is 0 Å². The molecular formula is C13H17Cl2NO. The average Bonchev–Trinajstić information content (AvgIpc) is 2.31. The lowest BCUT2D eigenvalue weighted by molar-refractivity contribution is 0.0130. The zero-order valence-electron chi connectivity index (χ0n) is 9.88. The highest BCUT2D eigenvalue weighted by atomic mass is 35.5. The Kier molecular flexibility index (Phi) is 4.69. The summed E-state index contributed by atoms with van der Waals surface area (Å²) in [5.41, 5.74) is 1.05. The third kappa shape index (κ3) is 3.59. The number of benzene rings is 1. The fraction of sp³-hybridized carbons (Fsp3) is 0.538. The van der Waals surface area contributed by atoms with Crippen LogP contribution in [0.4, 0.5) is 0 Å². The van der Waals surface area contributed by atoms with Crippen LogP contribution in [0.5, 0.6) is 0 Å². The summed E-state index contributed by atoms with van der Waals surface area (Å²) in [6.07, 6.45) is 2.46. The van der Waals surface area contributed by atoms with Crippen LogP contribution in [0.15, 0.2) is 18.2 Å². The topological polar surface area (TPSA) is 21.3 Å². The summed E-state index contributed by atoms with van der Waals surface area (Å²) in [6, 6.07) is 6.25. The Hall–Kier alpha value is -0.280. The SMILES string of the molecule is CC1CC(NCc2cccc(Cl)c2Cl)CCO1. The van der Waals surface area contributed by atoms with Gasteiger partial charge in [-0.1, -0.05) is 35.3 Å². The second-order valence-corrected chi connectivity index (χ2v) is 5.28. The van der Waals surface area contributed by atoms with Crippen molar-refractivity contribution in [1.29, 1.82) is 0 Å². The molecule has 1 heterocycles. The minimum Gasteiger partial charge on any atom is -0.378 e. The molecule has 1 aliphatic heterocycles. The Morgan fingerprint density at radius 1 is 1.41 bits per heavy atom. The van der Waals surface area contributed by atoms with E-state index in [0.717, 1.165) is 31.6 Å². The summed E-state index contributed by atoms with van der Waals surface area (Å²) < 4.78 is 5.52. The van der Waals surface area contributed by atoms with Crippen molar-refractivity contribution in [3.8, 4) is 0 Å². The molecule has 4 heteroatoms. The van der Waals surface area contributed by atoms with E-state index < -0.39 is 0 Å². The van der Waals surface area contributed by atoms with E-state index in [9.17, 15) is 0 Å². The molecule has 1 aromatic carbocycles. The molecule has 0 saturated carbocycles. The van der Waals surface area contributed by atoms with Crippen LogP contribution < -0.4 is 5.32 Å². The van der Waals surface area contributed by atoms with Gasteiger partial charge in [0.25, 0.3) is 0 Å². The second-order valence-electron chi connectivity index (χ2n) is 4.50. The van der Waals surface area contributed by atoms with Gasteiger partial charge < -0.3 is 10.1 Å². The number of rotatable bonds is 3. The van der Waals surface area contributed by atoms with Crippen molar-refractivity contribution >= 4 is 23.2 Å². The van der Waals surface area contributed by atoms with E-state index in [0.29, 0.717) is 22.2 Å². The van der Waals surface area contributed by atoms with Crippen LogP contribution in [-0.2, 0) is 11.3 Å². The van der Waals surface area contributed by atoms with Crippen molar-refractivity contribution in [2.75, 3.05) is 6.61 Å². The third-order valence-corrected chi connectivity index (χ3v) is 3.96. The maximum Gasteiger partial charge on any atom is 0.0637 e. The van der Waals surface area contributed by atoms with Gasteiger partial charge in [0.15, 0.2) is 0 Å². The second kappa shape index (κ2) is 6.05. The maximum atomic E-state index is 6.14. The summed E-state index contributed by atoms with van der Waals surface area (Å²) in [5.74, 6) is 0. The zero-order valence-corrected chi connectivity index (χ0v) is 11.4. The fourth-order valence-electron chi connectivity index (χ4n) is 2.12. The molecular weight excluding hydrogens is 257 g/mol. The summed E-state index contributed by atoms with van der Waals surface area (Å²) >= 11 is 12.1. The van der Waals surface area contributed by atoms with Gasteiger partial charge >= 0.3 is 0 Å². The van der Waals surface area contributed by atoms with Crippen LogP contribution in [0.25, 0.3) is 0 Å². The van der Waals surface area contributed by atoms with Crippen LogP contribution in [-0.4, -0.2) is 18.8 Å². The molecule has 2 nitrogen and oxygen atoms in total. The molecule has 1 saturated heterocycles. The maximum absolute atomic E-state index is 6.14. The average molecular weight is 274 g/mol. The molecule has 1 N–H and O–H groups in total. The van der Waals surface area contributed by atoms with Crippen LogP contribution in [0.3, 0.4) is 0 Å². The predicted octanol–water partition coefficient (Wildman–Crippen LogP) is 3.65. The first-order chi connectivity index (χ1) is 8.16. The molecule has 0 aliphatic carbocycles. The summed E-state index contributed by atoms with van der Waals surface area (Å²) in [7, 11) is 0. The summed E-state index contributed by atoms with van der Waals surface area (Å²) in [5, 5.41) is 4.78. The highest BCUT2D eigenvalue weighted by molar-refractivity contribution is 6.42. The van der Waals surface area contributed by atoms with Crippen LogP contribution in [0.1, 0.15) is 25.3 Å². The van der Waals surface area contributed by atoms with E-state index in [2.05, 4.69) is 12.2 Å². The van der Waals surface area contributed by atoms with Gasteiger partial charge in [-0.3, -0.25) is 0 Å². The van der Waals surface area contributed by atoms with Crippen molar-refractivity contribution in [2.45, 2.75) is 38.5 Å². The Bertz CT molecular complexity index is 384. The molecule has 1 aromatic rings. The van der Waals surface area contributed by atoms with Gasteiger partial charge in [-0.05, 0) is 31.4 Å². The zero-order chi connectivity index (χ0) is 12.3. The van der Waals surface area contributed by atoms with Gasteiger partial charge in [-0.2, -0.15) is 0 Å². The van der Waals surface area contributed by atoms with Crippen LogP contribution in [0, 0.1) is 0 Å². The van der Waals surface area contributed by atoms with Gasteiger partial charge in [-0.15, -0.1) is 0 Å². The molecule has 0 spiro atoms. The highest BCUT2D eigenvalue weighted by Crippen LogP contribution is 2.25. The van der Waals surface area contributed by atoms with Crippen LogP contribution in [0.2, 0.25) is 10.0 Å². The molecule has 0 aromatic heterocycles. The largest absolute Gasteiger partial charge is 0.378 e. The molecule has 0 amide bonds. The standard InChI is InChI=1S/C13H17Cl2NO/c1-9-7-11(5-6-17-9)16-8-10-3-2-4-12(14)13(10)15/h2-4,9,11,16H,5-8H2,1H3. The monoisotopic (exact) mass is 273 g/mol. The molecule has 1 fully saturated rings. The van der Waals surface area contributed by atoms with Gasteiger partial charge in [0.2, 0.25) is 0 Å². The van der Waals surface area contributed by atoms with Gasteiger partial charge in [0.1, 0.15) is 0 Å². The fourth-order valence-corrected chi connectivity index (χ4v) is 2.51. The quantitative estimate of drug-likeness (QED) is 0.908. The number of hydrogen-bond acceptors (Lipinski definition) is 2. The van der Waals surface area contributed by atoms with E-state index in [-0.39, 0.29) is 0 Å². The summed E-state index contributed by atoms with van der Waals surface area (Å²) in [4.78, 5) is 0. The van der Waals surface area contributed by atoms with E-state index >= 15 is 0 Å². The van der Waals surface area contributed by atoms with Gasteiger partial charge in [0, 0.05) is 19.2 Å².